The molecule has 0 aliphatic carbocycles. The summed E-state index contributed by atoms with van der Waals surface area (Å²) in [5.41, 5.74) is 1.31. The molecule has 0 radical (unpaired) electrons. The van der Waals surface area contributed by atoms with Gasteiger partial charge < -0.3 is 9.64 Å². The van der Waals surface area contributed by atoms with E-state index >= 15 is 0 Å². The molecule has 0 spiro atoms. The second kappa shape index (κ2) is 9.62. The van der Waals surface area contributed by atoms with Crippen molar-refractivity contribution in [2.45, 2.75) is 30.6 Å². The minimum Gasteiger partial charge on any atom is -0.497 e. The Balaban J connectivity index is 1.46. The van der Waals surface area contributed by atoms with Crippen LogP contribution in [0.25, 0.3) is 0 Å². The van der Waals surface area contributed by atoms with Crippen LogP contribution in [-0.2, 0) is 11.2 Å². The zero-order valence-electron chi connectivity index (χ0n) is 15.3. The lowest BCUT2D eigenvalue weighted by Crippen LogP contribution is -2.41. The molecule has 5 heteroatoms. The maximum absolute atomic E-state index is 12.5. The molecule has 138 valence electrons. The van der Waals surface area contributed by atoms with Crippen LogP contribution in [0, 0.1) is 5.92 Å². The number of thioether (sulfide) groups is 1. The molecule has 0 bridgehead atoms. The molecule has 1 aromatic heterocycles. The maximum atomic E-state index is 12.5. The first kappa shape index (κ1) is 18.8. The predicted molar refractivity (Wildman–Crippen MR) is 106 cm³/mol. The Morgan fingerprint density at radius 2 is 2.15 bits per heavy atom. The van der Waals surface area contributed by atoms with E-state index in [1.807, 2.05) is 29.2 Å². The SMILES string of the molecule is COc1cccc(CC[C@H]2CCCN(C(=O)CSc3ccncc3)C2)c1. The summed E-state index contributed by atoms with van der Waals surface area (Å²) in [7, 11) is 1.70. The molecule has 1 aliphatic rings. The lowest BCUT2D eigenvalue weighted by molar-refractivity contribution is -0.130. The fourth-order valence-electron chi connectivity index (χ4n) is 3.40. The molecule has 4 nitrogen and oxygen atoms in total. The zero-order chi connectivity index (χ0) is 18.2. The Labute approximate surface area is 160 Å². The summed E-state index contributed by atoms with van der Waals surface area (Å²) in [4.78, 5) is 19.7. The number of pyridine rings is 1. The molecule has 1 aromatic carbocycles. The van der Waals surface area contributed by atoms with Gasteiger partial charge >= 0.3 is 0 Å². The van der Waals surface area contributed by atoms with Crippen molar-refractivity contribution in [3.63, 3.8) is 0 Å². The first-order valence-corrected chi connectivity index (χ1v) is 10.2. The van der Waals surface area contributed by atoms with Crippen LogP contribution in [0.5, 0.6) is 5.75 Å². The molecule has 0 saturated carbocycles. The molecule has 2 aromatic rings. The number of carbonyl (C=O) groups is 1. The van der Waals surface area contributed by atoms with Crippen LogP contribution in [-0.4, -0.2) is 41.7 Å². The van der Waals surface area contributed by atoms with E-state index in [1.54, 1.807) is 31.3 Å². The summed E-state index contributed by atoms with van der Waals surface area (Å²) in [6.07, 6.45) is 8.01. The third-order valence-electron chi connectivity index (χ3n) is 4.86. The number of hydrogen-bond donors (Lipinski definition) is 0. The predicted octanol–water partition coefficient (Wildman–Crippen LogP) is 4.05. The molecule has 0 unspecified atom stereocenters. The molecule has 26 heavy (non-hydrogen) atoms. The summed E-state index contributed by atoms with van der Waals surface area (Å²) in [5, 5.41) is 0. The van der Waals surface area contributed by atoms with Gasteiger partial charge in [0.05, 0.1) is 12.9 Å². The maximum Gasteiger partial charge on any atom is 0.232 e. The third-order valence-corrected chi connectivity index (χ3v) is 5.86. The normalized spacial score (nSPS) is 17.1. The number of nitrogens with zero attached hydrogens (tertiary/aromatic N) is 2. The molecule has 3 rings (SSSR count). The number of benzene rings is 1. The Morgan fingerprint density at radius 3 is 2.96 bits per heavy atom. The van der Waals surface area contributed by atoms with E-state index in [0.717, 1.165) is 43.0 Å². The zero-order valence-corrected chi connectivity index (χ0v) is 16.1. The van der Waals surface area contributed by atoms with Gasteiger partial charge in [0.1, 0.15) is 5.75 Å². The van der Waals surface area contributed by atoms with Crippen molar-refractivity contribution in [3.05, 3.63) is 54.4 Å². The number of aromatic nitrogens is 1. The Bertz CT molecular complexity index is 708. The van der Waals surface area contributed by atoms with Gasteiger partial charge in [-0.25, -0.2) is 0 Å². The van der Waals surface area contributed by atoms with Gasteiger partial charge in [0.2, 0.25) is 5.91 Å². The number of ether oxygens (including phenoxy) is 1. The van der Waals surface area contributed by atoms with Gasteiger partial charge in [0.25, 0.3) is 0 Å². The average molecular weight is 371 g/mol. The van der Waals surface area contributed by atoms with Crippen LogP contribution in [0.3, 0.4) is 0 Å². The summed E-state index contributed by atoms with van der Waals surface area (Å²) in [6.45, 7) is 1.78. The molecular formula is C21H26N2O2S. The Kier molecular flexibility index (Phi) is 6.95. The Morgan fingerprint density at radius 1 is 1.31 bits per heavy atom. The lowest BCUT2D eigenvalue weighted by atomic mass is 9.91. The van der Waals surface area contributed by atoms with E-state index in [0.29, 0.717) is 11.7 Å². The van der Waals surface area contributed by atoms with Gasteiger partial charge in [-0.2, -0.15) is 0 Å². The average Bonchev–Trinajstić information content (AvgIpc) is 2.71. The van der Waals surface area contributed by atoms with Crippen molar-refractivity contribution in [3.8, 4) is 5.75 Å². The first-order chi connectivity index (χ1) is 12.7. The molecule has 1 amide bonds. The minimum atomic E-state index is 0.248. The number of rotatable bonds is 7. The number of methoxy groups -OCH3 is 1. The van der Waals surface area contributed by atoms with Crippen molar-refractivity contribution in [2.24, 2.45) is 5.92 Å². The van der Waals surface area contributed by atoms with Crippen LogP contribution >= 0.6 is 11.8 Å². The van der Waals surface area contributed by atoms with E-state index in [9.17, 15) is 4.79 Å². The highest BCUT2D eigenvalue weighted by molar-refractivity contribution is 8.00. The molecular weight excluding hydrogens is 344 g/mol. The monoisotopic (exact) mass is 370 g/mol. The summed E-state index contributed by atoms with van der Waals surface area (Å²) in [5.74, 6) is 2.26. The molecule has 1 saturated heterocycles. The van der Waals surface area contributed by atoms with E-state index in [1.165, 1.54) is 12.0 Å². The first-order valence-electron chi connectivity index (χ1n) is 9.18. The van der Waals surface area contributed by atoms with Crippen molar-refractivity contribution < 1.29 is 9.53 Å². The van der Waals surface area contributed by atoms with E-state index in [-0.39, 0.29) is 5.91 Å². The molecule has 1 fully saturated rings. The topological polar surface area (TPSA) is 42.4 Å². The van der Waals surface area contributed by atoms with E-state index < -0.39 is 0 Å². The van der Waals surface area contributed by atoms with E-state index in [2.05, 4.69) is 17.1 Å². The minimum absolute atomic E-state index is 0.248. The van der Waals surface area contributed by atoms with Crippen molar-refractivity contribution in [2.75, 3.05) is 26.0 Å². The molecule has 0 N–H and O–H groups in total. The van der Waals surface area contributed by atoms with Crippen LogP contribution in [0.2, 0.25) is 0 Å². The second-order valence-corrected chi connectivity index (χ2v) is 7.76. The van der Waals surface area contributed by atoms with Crippen molar-refractivity contribution in [1.29, 1.82) is 0 Å². The number of likely N-dealkylation sites (tertiary alicyclic amines) is 1. The molecule has 1 aliphatic heterocycles. The molecule has 2 heterocycles. The highest BCUT2D eigenvalue weighted by atomic mass is 32.2. The van der Waals surface area contributed by atoms with Gasteiger partial charge in [-0.05, 0) is 61.4 Å². The highest BCUT2D eigenvalue weighted by Gasteiger charge is 2.23. The summed E-state index contributed by atoms with van der Waals surface area (Å²) in [6, 6.07) is 12.2. The Hall–Kier alpha value is -2.01. The highest BCUT2D eigenvalue weighted by Crippen LogP contribution is 2.24. The van der Waals surface area contributed by atoms with Gasteiger partial charge in [0, 0.05) is 30.4 Å². The van der Waals surface area contributed by atoms with Crippen molar-refractivity contribution in [1.82, 2.24) is 9.88 Å². The quantitative estimate of drug-likeness (QED) is 0.690. The molecule has 1 atom stereocenters. The fourth-order valence-corrected chi connectivity index (χ4v) is 4.18. The number of amides is 1. The van der Waals surface area contributed by atoms with Gasteiger partial charge in [-0.1, -0.05) is 12.1 Å². The number of aryl methyl sites for hydroxylation is 1. The fraction of sp³-hybridized carbons (Fsp3) is 0.429. The van der Waals surface area contributed by atoms with Crippen molar-refractivity contribution >= 4 is 17.7 Å². The number of hydrogen-bond acceptors (Lipinski definition) is 4. The lowest BCUT2D eigenvalue weighted by Gasteiger charge is -2.33. The number of carbonyl (C=O) groups excluding carboxylic acids is 1. The third kappa shape index (κ3) is 5.49. The smallest absolute Gasteiger partial charge is 0.232 e. The summed E-state index contributed by atoms with van der Waals surface area (Å²) < 4.78 is 5.30. The van der Waals surface area contributed by atoms with Gasteiger partial charge in [0.15, 0.2) is 0 Å². The second-order valence-electron chi connectivity index (χ2n) is 6.71. The van der Waals surface area contributed by atoms with Crippen LogP contribution in [0.15, 0.2) is 53.7 Å². The largest absolute Gasteiger partial charge is 0.497 e. The summed E-state index contributed by atoms with van der Waals surface area (Å²) >= 11 is 1.59. The number of piperidine rings is 1. The van der Waals surface area contributed by atoms with Gasteiger partial charge in [-0.15, -0.1) is 11.8 Å². The van der Waals surface area contributed by atoms with Crippen LogP contribution in [0.4, 0.5) is 0 Å². The van der Waals surface area contributed by atoms with Crippen LogP contribution < -0.4 is 4.74 Å². The van der Waals surface area contributed by atoms with E-state index in [4.69, 9.17) is 4.74 Å². The van der Waals surface area contributed by atoms with Gasteiger partial charge in [-0.3, -0.25) is 9.78 Å². The van der Waals surface area contributed by atoms with Crippen LogP contribution in [0.1, 0.15) is 24.8 Å². The standard InChI is InChI=1S/C21H26N2O2S/c1-25-19-6-2-4-17(14-19)7-8-18-5-3-13-23(15-18)21(24)16-26-20-9-11-22-12-10-20/h2,4,6,9-12,14,18H,3,5,7-8,13,15-16H2,1H3/t18-/m1/s1.